The third-order valence-corrected chi connectivity index (χ3v) is 4.49. The molecule has 0 atom stereocenters. The van der Waals surface area contributed by atoms with Crippen LogP contribution < -0.4 is 0 Å². The SMILES string of the molecule is CCC(CC)(CC(=O)N1CCC(C)(O)CC1)C(=O)O. The number of rotatable bonds is 5. The predicted molar refractivity (Wildman–Crippen MR) is 71.7 cm³/mol. The van der Waals surface area contributed by atoms with Crippen molar-refractivity contribution in [1.29, 1.82) is 0 Å². The lowest BCUT2D eigenvalue weighted by atomic mass is 9.78. The van der Waals surface area contributed by atoms with Gasteiger partial charge in [0.15, 0.2) is 0 Å². The number of piperidine rings is 1. The molecule has 0 saturated carbocycles. The van der Waals surface area contributed by atoms with E-state index in [2.05, 4.69) is 0 Å². The molecule has 0 radical (unpaired) electrons. The van der Waals surface area contributed by atoms with E-state index in [1.165, 1.54) is 0 Å². The number of nitrogens with zero attached hydrogens (tertiary/aromatic N) is 1. The maximum atomic E-state index is 12.2. The number of carboxylic acid groups (broad SMARTS) is 1. The summed E-state index contributed by atoms with van der Waals surface area (Å²) in [6, 6.07) is 0. The zero-order chi connectivity index (χ0) is 14.7. The molecule has 5 nitrogen and oxygen atoms in total. The first kappa shape index (κ1) is 16.0. The van der Waals surface area contributed by atoms with E-state index < -0.39 is 17.0 Å². The van der Waals surface area contributed by atoms with Crippen molar-refractivity contribution in [2.24, 2.45) is 5.41 Å². The van der Waals surface area contributed by atoms with Gasteiger partial charge in [0, 0.05) is 19.5 Å². The number of likely N-dealkylation sites (tertiary alicyclic amines) is 1. The predicted octanol–water partition coefficient (Wildman–Crippen LogP) is 1.64. The molecule has 0 bridgehead atoms. The number of carbonyl (C=O) groups is 2. The maximum absolute atomic E-state index is 12.2. The van der Waals surface area contributed by atoms with Gasteiger partial charge in [0.05, 0.1) is 11.0 Å². The van der Waals surface area contributed by atoms with Gasteiger partial charge in [-0.3, -0.25) is 9.59 Å². The largest absolute Gasteiger partial charge is 0.481 e. The highest BCUT2D eigenvalue weighted by molar-refractivity contribution is 5.85. The van der Waals surface area contributed by atoms with Crippen molar-refractivity contribution < 1.29 is 19.8 Å². The first-order valence-corrected chi connectivity index (χ1v) is 7.00. The molecule has 0 aromatic heterocycles. The van der Waals surface area contributed by atoms with Gasteiger partial charge >= 0.3 is 5.97 Å². The van der Waals surface area contributed by atoms with E-state index in [-0.39, 0.29) is 12.3 Å². The van der Waals surface area contributed by atoms with Gasteiger partial charge in [-0.2, -0.15) is 0 Å². The van der Waals surface area contributed by atoms with Gasteiger partial charge in [-0.1, -0.05) is 13.8 Å². The number of hydrogen-bond acceptors (Lipinski definition) is 3. The second kappa shape index (κ2) is 5.90. The first-order valence-electron chi connectivity index (χ1n) is 7.00. The Balaban J connectivity index is 2.66. The summed E-state index contributed by atoms with van der Waals surface area (Å²) in [4.78, 5) is 25.3. The molecule has 1 heterocycles. The highest BCUT2D eigenvalue weighted by Gasteiger charge is 2.39. The van der Waals surface area contributed by atoms with E-state index in [0.717, 1.165) is 0 Å². The molecule has 1 fully saturated rings. The number of amides is 1. The summed E-state index contributed by atoms with van der Waals surface area (Å²) in [5.41, 5.74) is -1.65. The Morgan fingerprint density at radius 1 is 1.21 bits per heavy atom. The Kier molecular flexibility index (Phi) is 4.96. The fraction of sp³-hybridized carbons (Fsp3) is 0.857. The van der Waals surface area contributed by atoms with Crippen LogP contribution in [0.25, 0.3) is 0 Å². The minimum atomic E-state index is -0.947. The van der Waals surface area contributed by atoms with Crippen molar-refractivity contribution in [1.82, 2.24) is 4.90 Å². The fourth-order valence-electron chi connectivity index (χ4n) is 2.52. The van der Waals surface area contributed by atoms with Crippen LogP contribution in [-0.4, -0.2) is 45.7 Å². The second-order valence-corrected chi connectivity index (χ2v) is 5.85. The molecule has 2 N–H and O–H groups in total. The normalized spacial score (nSPS) is 19.3. The van der Waals surface area contributed by atoms with Crippen molar-refractivity contribution >= 4 is 11.9 Å². The van der Waals surface area contributed by atoms with E-state index in [1.807, 2.05) is 13.8 Å². The maximum Gasteiger partial charge on any atom is 0.310 e. The molecule has 19 heavy (non-hydrogen) atoms. The Bertz CT molecular complexity index is 337. The lowest BCUT2D eigenvalue weighted by Gasteiger charge is -2.37. The highest BCUT2D eigenvalue weighted by Crippen LogP contribution is 2.32. The lowest BCUT2D eigenvalue weighted by Crippen LogP contribution is -2.47. The molecule has 0 aromatic rings. The molecular formula is C14H25NO4. The van der Waals surface area contributed by atoms with E-state index in [9.17, 15) is 19.8 Å². The van der Waals surface area contributed by atoms with Gasteiger partial charge in [-0.15, -0.1) is 0 Å². The van der Waals surface area contributed by atoms with Crippen molar-refractivity contribution in [3.05, 3.63) is 0 Å². The fourth-order valence-corrected chi connectivity index (χ4v) is 2.52. The average Bonchev–Trinajstić information content (AvgIpc) is 2.35. The third-order valence-electron chi connectivity index (χ3n) is 4.49. The van der Waals surface area contributed by atoms with Gasteiger partial charge in [0.2, 0.25) is 5.91 Å². The number of carbonyl (C=O) groups excluding carboxylic acids is 1. The average molecular weight is 271 g/mol. The number of hydrogen-bond donors (Lipinski definition) is 2. The van der Waals surface area contributed by atoms with Gasteiger partial charge in [0.25, 0.3) is 0 Å². The smallest absolute Gasteiger partial charge is 0.310 e. The van der Waals surface area contributed by atoms with Gasteiger partial charge in [-0.25, -0.2) is 0 Å². The van der Waals surface area contributed by atoms with Crippen LogP contribution in [-0.2, 0) is 9.59 Å². The van der Waals surface area contributed by atoms with Crippen LogP contribution in [0.1, 0.15) is 52.9 Å². The van der Waals surface area contributed by atoms with E-state index in [0.29, 0.717) is 38.8 Å². The molecule has 5 heteroatoms. The molecule has 110 valence electrons. The van der Waals surface area contributed by atoms with Crippen LogP contribution in [0.5, 0.6) is 0 Å². The molecule has 1 aliphatic rings. The topological polar surface area (TPSA) is 77.8 Å². The number of aliphatic carboxylic acids is 1. The Hall–Kier alpha value is -1.10. The first-order chi connectivity index (χ1) is 8.76. The Labute approximate surface area is 114 Å². The summed E-state index contributed by atoms with van der Waals surface area (Å²) >= 11 is 0. The van der Waals surface area contributed by atoms with Crippen LogP contribution in [0.4, 0.5) is 0 Å². The standard InChI is InChI=1S/C14H25NO4/c1-4-14(5-2,12(17)18)10-11(16)15-8-6-13(3,19)7-9-15/h19H,4-10H2,1-3H3,(H,17,18). The number of carboxylic acids is 1. The summed E-state index contributed by atoms with van der Waals surface area (Å²) in [5.74, 6) is -1.00. The van der Waals surface area contributed by atoms with Crippen molar-refractivity contribution in [3.8, 4) is 0 Å². The molecule has 1 rings (SSSR count). The summed E-state index contributed by atoms with van der Waals surface area (Å²) in [6.07, 6.45) is 2.07. The second-order valence-electron chi connectivity index (χ2n) is 5.85. The molecule has 0 aromatic carbocycles. The van der Waals surface area contributed by atoms with Crippen LogP contribution in [0.3, 0.4) is 0 Å². The number of aliphatic hydroxyl groups is 1. The van der Waals surface area contributed by atoms with Gasteiger partial charge < -0.3 is 15.1 Å². The molecule has 0 aliphatic carbocycles. The van der Waals surface area contributed by atoms with Crippen molar-refractivity contribution in [2.75, 3.05) is 13.1 Å². The Morgan fingerprint density at radius 3 is 2.05 bits per heavy atom. The lowest BCUT2D eigenvalue weighted by molar-refractivity contribution is -0.155. The quantitative estimate of drug-likeness (QED) is 0.797. The summed E-state index contributed by atoms with van der Waals surface area (Å²) in [5, 5.41) is 19.2. The molecule has 0 unspecified atom stereocenters. The summed E-state index contributed by atoms with van der Waals surface area (Å²) in [6.45, 7) is 6.41. The monoisotopic (exact) mass is 271 g/mol. The zero-order valence-corrected chi connectivity index (χ0v) is 12.1. The van der Waals surface area contributed by atoms with E-state index in [4.69, 9.17) is 0 Å². The zero-order valence-electron chi connectivity index (χ0n) is 12.1. The molecule has 1 amide bonds. The highest BCUT2D eigenvalue weighted by atomic mass is 16.4. The molecule has 1 aliphatic heterocycles. The van der Waals surface area contributed by atoms with Gasteiger partial charge in [-0.05, 0) is 32.6 Å². The summed E-state index contributed by atoms with van der Waals surface area (Å²) in [7, 11) is 0. The van der Waals surface area contributed by atoms with Crippen molar-refractivity contribution in [3.63, 3.8) is 0 Å². The van der Waals surface area contributed by atoms with E-state index in [1.54, 1.807) is 11.8 Å². The Morgan fingerprint density at radius 2 is 1.68 bits per heavy atom. The summed E-state index contributed by atoms with van der Waals surface area (Å²) < 4.78 is 0. The third kappa shape index (κ3) is 3.69. The minimum Gasteiger partial charge on any atom is -0.481 e. The van der Waals surface area contributed by atoms with Gasteiger partial charge in [0.1, 0.15) is 0 Å². The van der Waals surface area contributed by atoms with Crippen LogP contribution in [0, 0.1) is 5.41 Å². The van der Waals surface area contributed by atoms with Crippen LogP contribution in [0.15, 0.2) is 0 Å². The molecule has 1 saturated heterocycles. The van der Waals surface area contributed by atoms with E-state index >= 15 is 0 Å². The molecular weight excluding hydrogens is 246 g/mol. The molecule has 0 spiro atoms. The van der Waals surface area contributed by atoms with Crippen molar-refractivity contribution in [2.45, 2.75) is 58.5 Å². The van der Waals surface area contributed by atoms with Crippen LogP contribution in [0.2, 0.25) is 0 Å². The minimum absolute atomic E-state index is 0.0531. The van der Waals surface area contributed by atoms with Crippen LogP contribution >= 0.6 is 0 Å².